The molecule has 0 radical (unpaired) electrons. The molecule has 0 aromatic heterocycles. The van der Waals surface area contributed by atoms with E-state index in [0.717, 1.165) is 29.5 Å². The van der Waals surface area contributed by atoms with Crippen molar-refractivity contribution in [3.8, 4) is 5.75 Å². The Morgan fingerprint density at radius 2 is 1.89 bits per heavy atom. The summed E-state index contributed by atoms with van der Waals surface area (Å²) in [5.41, 5.74) is 2.34. The molecule has 0 spiro atoms. The largest absolute Gasteiger partial charge is 0.496 e. The average Bonchev–Trinajstić information content (AvgIpc) is 2.41. The van der Waals surface area contributed by atoms with E-state index in [0.29, 0.717) is 5.92 Å². The van der Waals surface area contributed by atoms with Crippen LogP contribution >= 0.6 is 0 Å². The quantitative estimate of drug-likeness (QED) is 0.824. The van der Waals surface area contributed by atoms with Gasteiger partial charge in [-0.15, -0.1) is 0 Å². The molecule has 0 heterocycles. The van der Waals surface area contributed by atoms with Gasteiger partial charge in [0.15, 0.2) is 0 Å². The third-order valence-electron chi connectivity index (χ3n) is 4.03. The fourth-order valence-electron chi connectivity index (χ4n) is 3.09. The first-order valence-electron chi connectivity index (χ1n) is 6.50. The summed E-state index contributed by atoms with van der Waals surface area (Å²) in [6.07, 6.45) is 1.54. The van der Waals surface area contributed by atoms with Crippen LogP contribution in [0.15, 0.2) is 30.3 Å². The number of hydrogen-bond acceptors (Lipinski definition) is 2. The highest BCUT2D eigenvalue weighted by Gasteiger charge is 2.26. The maximum atomic E-state index is 10.2. The van der Waals surface area contributed by atoms with Crippen molar-refractivity contribution in [1.29, 1.82) is 0 Å². The van der Waals surface area contributed by atoms with Gasteiger partial charge < -0.3 is 9.84 Å². The Morgan fingerprint density at radius 1 is 1.17 bits per heavy atom. The molecule has 0 saturated heterocycles. The number of aliphatic hydroxyl groups excluding tert-OH is 1. The van der Waals surface area contributed by atoms with E-state index in [1.807, 2.05) is 12.1 Å². The van der Waals surface area contributed by atoms with Crippen LogP contribution in [-0.2, 0) is 0 Å². The van der Waals surface area contributed by atoms with Gasteiger partial charge in [0.05, 0.1) is 13.2 Å². The van der Waals surface area contributed by atoms with Crippen LogP contribution < -0.4 is 4.74 Å². The van der Waals surface area contributed by atoms with Crippen LogP contribution in [0.1, 0.15) is 42.9 Å². The molecule has 3 rings (SSSR count). The van der Waals surface area contributed by atoms with Crippen molar-refractivity contribution < 1.29 is 9.84 Å². The maximum absolute atomic E-state index is 10.2. The predicted molar refractivity (Wildman–Crippen MR) is 73.1 cm³/mol. The molecule has 2 nitrogen and oxygen atoms in total. The monoisotopic (exact) mass is 242 g/mol. The Morgan fingerprint density at radius 3 is 2.61 bits per heavy atom. The minimum absolute atomic E-state index is 0.352. The number of benzene rings is 2. The van der Waals surface area contributed by atoms with Gasteiger partial charge in [-0.25, -0.2) is 0 Å². The van der Waals surface area contributed by atoms with Gasteiger partial charge in [-0.1, -0.05) is 31.2 Å². The number of fused-ring (bicyclic) bond motifs is 3. The molecule has 2 aromatic rings. The molecule has 1 aliphatic carbocycles. The molecule has 2 aromatic carbocycles. The van der Waals surface area contributed by atoms with Crippen LogP contribution in [0.2, 0.25) is 0 Å². The zero-order chi connectivity index (χ0) is 12.7. The molecular weight excluding hydrogens is 224 g/mol. The van der Waals surface area contributed by atoms with Gasteiger partial charge in [0, 0.05) is 5.39 Å². The summed E-state index contributed by atoms with van der Waals surface area (Å²) in [5, 5.41) is 12.6. The fourth-order valence-corrected chi connectivity index (χ4v) is 3.09. The predicted octanol–water partition coefficient (Wildman–Crippen LogP) is 3.78. The number of ether oxygens (including phenoxy) is 1. The summed E-state index contributed by atoms with van der Waals surface area (Å²) in [6, 6.07) is 10.3. The van der Waals surface area contributed by atoms with Crippen molar-refractivity contribution in [3.63, 3.8) is 0 Å². The van der Waals surface area contributed by atoms with E-state index in [1.54, 1.807) is 7.11 Å². The minimum atomic E-state index is -0.352. The molecule has 0 fully saturated rings. The van der Waals surface area contributed by atoms with Crippen molar-refractivity contribution in [2.24, 2.45) is 0 Å². The lowest BCUT2D eigenvalue weighted by Gasteiger charge is -2.29. The fraction of sp³-hybridized carbons (Fsp3) is 0.375. The summed E-state index contributed by atoms with van der Waals surface area (Å²) in [6.45, 7) is 2.24. The Labute approximate surface area is 107 Å². The lowest BCUT2D eigenvalue weighted by atomic mass is 9.79. The molecule has 0 amide bonds. The molecule has 0 saturated carbocycles. The van der Waals surface area contributed by atoms with Crippen LogP contribution in [0.5, 0.6) is 5.75 Å². The summed E-state index contributed by atoms with van der Waals surface area (Å²) in [4.78, 5) is 0. The molecular formula is C16H18O2. The minimum Gasteiger partial charge on any atom is -0.496 e. The number of aliphatic hydroxyl groups is 1. The van der Waals surface area contributed by atoms with Crippen molar-refractivity contribution in [2.75, 3.05) is 7.11 Å². The molecule has 0 bridgehead atoms. The number of hydrogen-bond donors (Lipinski definition) is 1. The molecule has 94 valence electrons. The van der Waals surface area contributed by atoms with E-state index in [1.165, 1.54) is 10.9 Å². The molecule has 2 heteroatoms. The van der Waals surface area contributed by atoms with Gasteiger partial charge in [-0.3, -0.25) is 0 Å². The van der Waals surface area contributed by atoms with Gasteiger partial charge in [0.25, 0.3) is 0 Å². The Balaban J connectivity index is 2.39. The van der Waals surface area contributed by atoms with E-state index < -0.39 is 0 Å². The first-order chi connectivity index (χ1) is 8.72. The molecule has 18 heavy (non-hydrogen) atoms. The number of rotatable bonds is 1. The highest BCUT2D eigenvalue weighted by atomic mass is 16.5. The third kappa shape index (κ3) is 1.60. The van der Waals surface area contributed by atoms with Gasteiger partial charge in [-0.2, -0.15) is 0 Å². The topological polar surface area (TPSA) is 29.5 Å². The molecule has 1 N–H and O–H groups in total. The van der Waals surface area contributed by atoms with Crippen molar-refractivity contribution >= 4 is 10.8 Å². The summed E-state index contributed by atoms with van der Waals surface area (Å²) >= 11 is 0. The molecule has 2 atom stereocenters. The second-order valence-corrected chi connectivity index (χ2v) is 5.12. The molecule has 1 unspecified atom stereocenters. The van der Waals surface area contributed by atoms with Gasteiger partial charge in [-0.05, 0) is 41.3 Å². The van der Waals surface area contributed by atoms with E-state index in [9.17, 15) is 5.11 Å². The van der Waals surface area contributed by atoms with Gasteiger partial charge in [0.2, 0.25) is 0 Å². The third-order valence-corrected chi connectivity index (χ3v) is 4.03. The molecule has 0 aliphatic heterocycles. The Kier molecular flexibility index (Phi) is 2.75. The zero-order valence-corrected chi connectivity index (χ0v) is 10.8. The normalized spacial score (nSPS) is 22.8. The smallest absolute Gasteiger partial charge is 0.127 e. The van der Waals surface area contributed by atoms with Crippen molar-refractivity contribution in [3.05, 3.63) is 41.5 Å². The zero-order valence-electron chi connectivity index (χ0n) is 10.8. The SMILES string of the molecule is COc1cc2c(c3ccccc13)C(C)CC[C@H]2O. The lowest BCUT2D eigenvalue weighted by Crippen LogP contribution is -2.13. The molecule has 1 aliphatic rings. The van der Waals surface area contributed by atoms with Crippen LogP contribution in [0.3, 0.4) is 0 Å². The maximum Gasteiger partial charge on any atom is 0.127 e. The first-order valence-corrected chi connectivity index (χ1v) is 6.50. The van der Waals surface area contributed by atoms with Crippen molar-refractivity contribution in [2.45, 2.75) is 31.8 Å². The van der Waals surface area contributed by atoms with E-state index >= 15 is 0 Å². The second kappa shape index (κ2) is 4.29. The van der Waals surface area contributed by atoms with Crippen molar-refractivity contribution in [1.82, 2.24) is 0 Å². The Bertz CT molecular complexity index is 589. The van der Waals surface area contributed by atoms with E-state index in [2.05, 4.69) is 25.1 Å². The average molecular weight is 242 g/mol. The highest BCUT2D eigenvalue weighted by Crippen LogP contribution is 2.44. The summed E-state index contributed by atoms with van der Waals surface area (Å²) in [5.74, 6) is 1.36. The Hall–Kier alpha value is -1.54. The van der Waals surface area contributed by atoms with Crippen LogP contribution in [0.4, 0.5) is 0 Å². The van der Waals surface area contributed by atoms with E-state index in [-0.39, 0.29) is 6.10 Å². The second-order valence-electron chi connectivity index (χ2n) is 5.12. The summed E-state index contributed by atoms with van der Waals surface area (Å²) in [7, 11) is 1.69. The van der Waals surface area contributed by atoms with Crippen LogP contribution in [0, 0.1) is 0 Å². The van der Waals surface area contributed by atoms with Crippen LogP contribution in [-0.4, -0.2) is 12.2 Å². The standard InChI is InChI=1S/C16H18O2/c1-10-7-8-14(17)13-9-15(18-2)11-5-3-4-6-12(11)16(10)13/h3-6,9-10,14,17H,7-8H2,1-2H3/t10?,14-/m1/s1. The lowest BCUT2D eigenvalue weighted by molar-refractivity contribution is 0.152. The first kappa shape index (κ1) is 11.5. The van der Waals surface area contributed by atoms with Crippen LogP contribution in [0.25, 0.3) is 10.8 Å². The summed E-state index contributed by atoms with van der Waals surface area (Å²) < 4.78 is 5.47. The van der Waals surface area contributed by atoms with E-state index in [4.69, 9.17) is 4.74 Å². The van der Waals surface area contributed by atoms with Gasteiger partial charge in [0.1, 0.15) is 5.75 Å². The van der Waals surface area contributed by atoms with Gasteiger partial charge >= 0.3 is 0 Å². The highest BCUT2D eigenvalue weighted by molar-refractivity contribution is 5.92. The number of methoxy groups -OCH3 is 1.